The van der Waals surface area contributed by atoms with Crippen LogP contribution >= 0.6 is 0 Å². The number of rotatable bonds is 1. The Kier molecular flexibility index (Phi) is 3.31. The standard InChI is InChI=1S/C22H32N2/c1-21-10-8-18-17(7-6-16-5-3-4-9-22(16,18)2)19(21)13-15(14-21)20-23-11-12-24-20/h11-12,14,16-19H,3-10,13H2,1-2H3,(H,23,24)/t16?,17-,18+,19+,21-,22+/m1/s1. The molecule has 2 heteroatoms. The van der Waals surface area contributed by atoms with Gasteiger partial charge in [0.15, 0.2) is 0 Å². The molecule has 4 aliphatic carbocycles. The average molecular weight is 325 g/mol. The highest BCUT2D eigenvalue weighted by Gasteiger charge is 2.57. The molecule has 0 amide bonds. The van der Waals surface area contributed by atoms with Crippen LogP contribution in [0.4, 0.5) is 0 Å². The molecule has 1 unspecified atom stereocenters. The number of allylic oxidation sites excluding steroid dienone is 2. The maximum atomic E-state index is 4.55. The number of aromatic nitrogens is 2. The van der Waals surface area contributed by atoms with Crippen LogP contribution < -0.4 is 0 Å². The second-order valence-corrected chi connectivity index (χ2v) is 9.76. The van der Waals surface area contributed by atoms with Crippen LogP contribution in [-0.4, -0.2) is 9.97 Å². The van der Waals surface area contributed by atoms with Crippen LogP contribution in [0.25, 0.3) is 5.57 Å². The van der Waals surface area contributed by atoms with Gasteiger partial charge in [0.05, 0.1) is 0 Å². The summed E-state index contributed by atoms with van der Waals surface area (Å²) >= 11 is 0. The molecule has 4 aliphatic rings. The first-order valence-corrected chi connectivity index (χ1v) is 10.3. The second kappa shape index (κ2) is 5.22. The zero-order chi connectivity index (χ0) is 16.4. The molecule has 6 atom stereocenters. The average Bonchev–Trinajstić information content (AvgIpc) is 3.20. The minimum atomic E-state index is 0.418. The van der Waals surface area contributed by atoms with Crippen LogP contribution in [-0.2, 0) is 0 Å². The van der Waals surface area contributed by atoms with Gasteiger partial charge in [0.2, 0.25) is 0 Å². The molecule has 1 aromatic heterocycles. The van der Waals surface area contributed by atoms with Crippen LogP contribution in [0.2, 0.25) is 0 Å². The molecule has 0 bridgehead atoms. The lowest BCUT2D eigenvalue weighted by molar-refractivity contribution is -0.0968. The Balaban J connectivity index is 1.45. The van der Waals surface area contributed by atoms with Crippen molar-refractivity contribution in [2.45, 2.75) is 71.6 Å². The summed E-state index contributed by atoms with van der Waals surface area (Å²) in [4.78, 5) is 7.90. The summed E-state index contributed by atoms with van der Waals surface area (Å²) in [6.45, 7) is 5.21. The van der Waals surface area contributed by atoms with E-state index < -0.39 is 0 Å². The van der Waals surface area contributed by atoms with Crippen LogP contribution in [0.3, 0.4) is 0 Å². The van der Waals surface area contributed by atoms with Gasteiger partial charge >= 0.3 is 0 Å². The molecule has 24 heavy (non-hydrogen) atoms. The van der Waals surface area contributed by atoms with Gasteiger partial charge in [-0.1, -0.05) is 32.8 Å². The Labute approximate surface area is 146 Å². The first-order valence-electron chi connectivity index (χ1n) is 10.3. The number of hydrogen-bond acceptors (Lipinski definition) is 1. The molecule has 0 radical (unpaired) electrons. The lowest BCUT2D eigenvalue weighted by Crippen LogP contribution is -2.51. The highest BCUT2D eigenvalue weighted by molar-refractivity contribution is 5.64. The third-order valence-corrected chi connectivity index (χ3v) is 8.77. The number of fused-ring (bicyclic) bond motifs is 5. The van der Waals surface area contributed by atoms with E-state index in [1.807, 2.05) is 12.4 Å². The van der Waals surface area contributed by atoms with Crippen molar-refractivity contribution in [3.05, 3.63) is 24.3 Å². The van der Waals surface area contributed by atoms with Crippen LogP contribution in [0.5, 0.6) is 0 Å². The number of hydrogen-bond donors (Lipinski definition) is 1. The molecule has 5 rings (SSSR count). The smallest absolute Gasteiger partial charge is 0.132 e. The van der Waals surface area contributed by atoms with E-state index in [4.69, 9.17) is 0 Å². The molecule has 0 saturated heterocycles. The maximum Gasteiger partial charge on any atom is 0.132 e. The monoisotopic (exact) mass is 324 g/mol. The highest BCUT2D eigenvalue weighted by atomic mass is 14.9. The van der Waals surface area contributed by atoms with Gasteiger partial charge in [-0.25, -0.2) is 4.98 Å². The first-order chi connectivity index (χ1) is 11.6. The number of imidazole rings is 1. The maximum absolute atomic E-state index is 4.55. The summed E-state index contributed by atoms with van der Waals surface area (Å²) in [6, 6.07) is 0. The number of nitrogens with one attached hydrogen (secondary N) is 1. The fourth-order valence-electron chi connectivity index (χ4n) is 7.51. The zero-order valence-electron chi connectivity index (χ0n) is 15.4. The fraction of sp³-hybridized carbons (Fsp3) is 0.773. The summed E-state index contributed by atoms with van der Waals surface area (Å²) in [5.74, 6) is 4.94. The van der Waals surface area contributed by atoms with Crippen molar-refractivity contribution in [3.8, 4) is 0 Å². The number of aromatic amines is 1. The van der Waals surface area contributed by atoms with E-state index in [9.17, 15) is 0 Å². The Hall–Kier alpha value is -1.05. The van der Waals surface area contributed by atoms with Crippen LogP contribution in [0, 0.1) is 34.5 Å². The van der Waals surface area contributed by atoms with Gasteiger partial charge in [0, 0.05) is 12.4 Å². The first kappa shape index (κ1) is 15.2. The minimum absolute atomic E-state index is 0.418. The van der Waals surface area contributed by atoms with Crippen molar-refractivity contribution in [3.63, 3.8) is 0 Å². The summed E-state index contributed by atoms with van der Waals surface area (Å²) < 4.78 is 0. The van der Waals surface area contributed by atoms with Gasteiger partial charge < -0.3 is 4.98 Å². The Morgan fingerprint density at radius 1 is 1.04 bits per heavy atom. The number of nitrogens with zero attached hydrogens (tertiary/aromatic N) is 1. The molecule has 0 aromatic carbocycles. The van der Waals surface area contributed by atoms with Crippen LogP contribution in [0.15, 0.2) is 18.5 Å². The SMILES string of the molecule is C[C@@]12C=C(c3ncc[nH]3)C[C@H]1[C@@H]1CCC3CCCC[C@]3(C)[C@H]1CC2. The van der Waals surface area contributed by atoms with Gasteiger partial charge in [0.25, 0.3) is 0 Å². The van der Waals surface area contributed by atoms with Gasteiger partial charge in [0.1, 0.15) is 5.82 Å². The summed E-state index contributed by atoms with van der Waals surface area (Å²) in [7, 11) is 0. The lowest BCUT2D eigenvalue weighted by Gasteiger charge is -2.59. The van der Waals surface area contributed by atoms with Crippen molar-refractivity contribution in [1.29, 1.82) is 0 Å². The second-order valence-electron chi connectivity index (χ2n) is 9.76. The van der Waals surface area contributed by atoms with Gasteiger partial charge in [-0.15, -0.1) is 0 Å². The summed E-state index contributed by atoms with van der Waals surface area (Å²) in [5, 5.41) is 0. The van der Waals surface area contributed by atoms with E-state index in [0.29, 0.717) is 10.8 Å². The van der Waals surface area contributed by atoms with Crippen molar-refractivity contribution < 1.29 is 0 Å². The molecule has 1 N–H and O–H groups in total. The van der Waals surface area contributed by atoms with Gasteiger partial charge in [-0.3, -0.25) is 0 Å². The molecule has 3 fully saturated rings. The van der Waals surface area contributed by atoms with Gasteiger partial charge in [-0.05, 0) is 85.0 Å². The molecule has 1 heterocycles. The largest absolute Gasteiger partial charge is 0.345 e. The third kappa shape index (κ3) is 2.04. The Morgan fingerprint density at radius 2 is 1.96 bits per heavy atom. The van der Waals surface area contributed by atoms with E-state index in [2.05, 4.69) is 29.9 Å². The molecule has 130 valence electrons. The fourth-order valence-corrected chi connectivity index (χ4v) is 7.51. The predicted octanol–water partition coefficient (Wildman–Crippen LogP) is 5.84. The van der Waals surface area contributed by atoms with E-state index in [1.54, 1.807) is 0 Å². The topological polar surface area (TPSA) is 28.7 Å². The van der Waals surface area contributed by atoms with Crippen LogP contribution in [0.1, 0.15) is 77.5 Å². The molecule has 0 aliphatic heterocycles. The third-order valence-electron chi connectivity index (χ3n) is 8.77. The highest BCUT2D eigenvalue weighted by Crippen LogP contribution is 2.66. The summed E-state index contributed by atoms with van der Waals surface area (Å²) in [6.07, 6.45) is 19.6. The van der Waals surface area contributed by atoms with E-state index in [1.165, 1.54) is 63.4 Å². The predicted molar refractivity (Wildman–Crippen MR) is 98.3 cm³/mol. The lowest BCUT2D eigenvalue weighted by atomic mass is 9.45. The molecular formula is C22H32N2. The normalized spacial score (nSPS) is 47.5. The van der Waals surface area contributed by atoms with Crippen molar-refractivity contribution in [2.75, 3.05) is 0 Å². The number of H-pyrrole nitrogens is 1. The Bertz CT molecular complexity index is 645. The molecule has 1 aromatic rings. The van der Waals surface area contributed by atoms with Crippen molar-refractivity contribution in [2.24, 2.45) is 34.5 Å². The van der Waals surface area contributed by atoms with Crippen molar-refractivity contribution >= 4 is 5.57 Å². The quantitative estimate of drug-likeness (QED) is 0.691. The van der Waals surface area contributed by atoms with E-state index in [0.717, 1.165) is 29.5 Å². The molecular weight excluding hydrogens is 292 g/mol. The molecule has 2 nitrogen and oxygen atoms in total. The van der Waals surface area contributed by atoms with Crippen molar-refractivity contribution in [1.82, 2.24) is 9.97 Å². The Morgan fingerprint density at radius 3 is 2.79 bits per heavy atom. The summed E-state index contributed by atoms with van der Waals surface area (Å²) in [5.41, 5.74) is 2.56. The van der Waals surface area contributed by atoms with E-state index in [-0.39, 0.29) is 0 Å². The van der Waals surface area contributed by atoms with Gasteiger partial charge in [-0.2, -0.15) is 0 Å². The zero-order valence-corrected chi connectivity index (χ0v) is 15.4. The molecule has 0 spiro atoms. The molecule has 3 saturated carbocycles. The minimum Gasteiger partial charge on any atom is -0.345 e. The van der Waals surface area contributed by atoms with E-state index >= 15 is 0 Å².